The highest BCUT2D eigenvalue weighted by atomic mass is 19.4. The molecule has 0 radical (unpaired) electrons. The second-order valence-corrected chi connectivity index (χ2v) is 6.60. The molecule has 2 aliphatic carbocycles. The Morgan fingerprint density at radius 1 is 1.20 bits per heavy atom. The molecule has 2 aromatic heterocycles. The lowest BCUT2D eigenvalue weighted by molar-refractivity contribution is -0.137. The van der Waals surface area contributed by atoms with Crippen molar-refractivity contribution in [3.8, 4) is 0 Å². The molecule has 0 spiro atoms. The molecule has 2 aliphatic rings. The van der Waals surface area contributed by atoms with Crippen molar-refractivity contribution in [1.82, 2.24) is 19.7 Å². The van der Waals surface area contributed by atoms with Crippen LogP contribution >= 0.6 is 0 Å². The van der Waals surface area contributed by atoms with Crippen LogP contribution in [0.5, 0.6) is 0 Å². The molecule has 0 unspecified atom stereocenters. The summed E-state index contributed by atoms with van der Waals surface area (Å²) in [5.41, 5.74) is 0.875. The first-order valence-electron chi connectivity index (χ1n) is 8.43. The topological polar surface area (TPSA) is 67.7 Å². The fourth-order valence-electron chi connectivity index (χ4n) is 2.97. The molecule has 0 aliphatic heterocycles. The van der Waals surface area contributed by atoms with Gasteiger partial charge in [-0.2, -0.15) is 23.3 Å². The van der Waals surface area contributed by atoms with Crippen LogP contribution in [0.2, 0.25) is 0 Å². The summed E-state index contributed by atoms with van der Waals surface area (Å²) in [6.07, 6.45) is 3.82. The fraction of sp³-hybridized carbons (Fsp3) is 0.562. The number of alkyl halides is 3. The standard InChI is InChI=1S/C16H19F3N6/c1-20-14-11(16(17,18)19)7-21-15(23-14)22-12-8-25(10-5-6-10)24-13(12)9-3-2-4-9/h7-10H,2-6H2,1H3,(H2,20,21,22,23). The summed E-state index contributed by atoms with van der Waals surface area (Å²) in [6.45, 7) is 0. The van der Waals surface area contributed by atoms with E-state index >= 15 is 0 Å². The lowest BCUT2D eigenvalue weighted by atomic mass is 9.82. The van der Waals surface area contributed by atoms with Crippen LogP contribution in [0.15, 0.2) is 12.4 Å². The number of nitrogens with one attached hydrogen (secondary N) is 2. The zero-order valence-corrected chi connectivity index (χ0v) is 13.8. The van der Waals surface area contributed by atoms with Crippen LogP contribution in [0.1, 0.15) is 55.3 Å². The number of aromatic nitrogens is 4. The Morgan fingerprint density at radius 3 is 2.52 bits per heavy atom. The van der Waals surface area contributed by atoms with Gasteiger partial charge in [-0.15, -0.1) is 0 Å². The number of hydrogen-bond donors (Lipinski definition) is 2. The molecule has 2 fully saturated rings. The Labute approximate surface area is 142 Å². The first kappa shape index (κ1) is 16.2. The van der Waals surface area contributed by atoms with Crippen molar-refractivity contribution in [3.05, 3.63) is 23.7 Å². The molecule has 0 amide bonds. The lowest BCUT2D eigenvalue weighted by Crippen LogP contribution is -2.14. The fourth-order valence-corrected chi connectivity index (χ4v) is 2.97. The van der Waals surface area contributed by atoms with Crippen LogP contribution < -0.4 is 10.6 Å². The van der Waals surface area contributed by atoms with Gasteiger partial charge in [0.15, 0.2) is 0 Å². The average Bonchev–Trinajstić information content (AvgIpc) is 3.28. The maximum atomic E-state index is 13.0. The van der Waals surface area contributed by atoms with Gasteiger partial charge < -0.3 is 10.6 Å². The maximum absolute atomic E-state index is 13.0. The molecule has 2 heterocycles. The SMILES string of the molecule is CNc1nc(Nc2cn(C3CC3)nc2C2CCC2)ncc1C(F)(F)F. The van der Waals surface area contributed by atoms with Gasteiger partial charge in [0, 0.05) is 25.4 Å². The third-order valence-electron chi connectivity index (χ3n) is 4.75. The van der Waals surface area contributed by atoms with E-state index in [-0.39, 0.29) is 11.8 Å². The van der Waals surface area contributed by atoms with Crippen molar-refractivity contribution in [1.29, 1.82) is 0 Å². The Hall–Kier alpha value is -2.32. The van der Waals surface area contributed by atoms with Crippen molar-refractivity contribution in [2.45, 2.75) is 50.2 Å². The van der Waals surface area contributed by atoms with Crippen LogP contribution in [-0.4, -0.2) is 26.8 Å². The lowest BCUT2D eigenvalue weighted by Gasteiger charge is -2.24. The van der Waals surface area contributed by atoms with Crippen molar-refractivity contribution >= 4 is 17.5 Å². The monoisotopic (exact) mass is 352 g/mol. The summed E-state index contributed by atoms with van der Waals surface area (Å²) >= 11 is 0. The molecular formula is C16H19F3N6. The molecular weight excluding hydrogens is 333 g/mol. The Balaban J connectivity index is 1.63. The molecule has 0 bridgehead atoms. The number of halogens is 3. The zero-order valence-electron chi connectivity index (χ0n) is 13.8. The average molecular weight is 352 g/mol. The van der Waals surface area contributed by atoms with E-state index in [1.807, 2.05) is 10.9 Å². The third-order valence-corrected chi connectivity index (χ3v) is 4.75. The third kappa shape index (κ3) is 3.14. The minimum atomic E-state index is -4.50. The van der Waals surface area contributed by atoms with Crippen LogP contribution in [0.4, 0.5) is 30.6 Å². The molecule has 9 heteroatoms. The van der Waals surface area contributed by atoms with E-state index in [2.05, 4.69) is 20.6 Å². The summed E-state index contributed by atoms with van der Waals surface area (Å²) < 4.78 is 40.8. The van der Waals surface area contributed by atoms with Gasteiger partial charge in [-0.3, -0.25) is 4.68 Å². The quantitative estimate of drug-likeness (QED) is 0.849. The number of hydrogen-bond acceptors (Lipinski definition) is 5. The minimum absolute atomic E-state index is 0.133. The number of anilines is 3. The van der Waals surface area contributed by atoms with Gasteiger partial charge in [0.2, 0.25) is 5.95 Å². The van der Waals surface area contributed by atoms with Crippen molar-refractivity contribution < 1.29 is 13.2 Å². The van der Waals surface area contributed by atoms with Crippen LogP contribution in [0.3, 0.4) is 0 Å². The van der Waals surface area contributed by atoms with Crippen molar-refractivity contribution in [3.63, 3.8) is 0 Å². The molecule has 25 heavy (non-hydrogen) atoms. The van der Waals surface area contributed by atoms with Gasteiger partial charge >= 0.3 is 6.18 Å². The van der Waals surface area contributed by atoms with E-state index < -0.39 is 11.7 Å². The Kier molecular flexibility index (Phi) is 3.81. The summed E-state index contributed by atoms with van der Waals surface area (Å²) in [5.74, 6) is 0.291. The highest BCUT2D eigenvalue weighted by Crippen LogP contribution is 2.42. The van der Waals surface area contributed by atoms with Gasteiger partial charge in [0.05, 0.1) is 17.4 Å². The number of rotatable bonds is 5. The van der Waals surface area contributed by atoms with Crippen molar-refractivity contribution in [2.24, 2.45) is 0 Å². The predicted octanol–water partition coefficient (Wildman–Crippen LogP) is 4.08. The van der Waals surface area contributed by atoms with E-state index in [0.717, 1.165) is 43.3 Å². The second kappa shape index (κ2) is 5.89. The number of nitrogens with zero attached hydrogens (tertiary/aromatic N) is 4. The molecule has 2 aromatic rings. The molecule has 2 saturated carbocycles. The molecule has 6 nitrogen and oxygen atoms in total. The molecule has 2 N–H and O–H groups in total. The summed E-state index contributed by atoms with van der Waals surface area (Å²) in [4.78, 5) is 7.82. The van der Waals surface area contributed by atoms with Crippen LogP contribution in [0, 0.1) is 0 Å². The molecule has 0 saturated heterocycles. The summed E-state index contributed by atoms with van der Waals surface area (Å²) in [5, 5.41) is 10.2. The first-order valence-corrected chi connectivity index (χ1v) is 8.43. The zero-order chi connectivity index (χ0) is 17.6. The molecule has 0 aromatic carbocycles. The Bertz CT molecular complexity index is 777. The summed E-state index contributed by atoms with van der Waals surface area (Å²) in [7, 11) is 1.41. The van der Waals surface area contributed by atoms with Crippen LogP contribution in [0.25, 0.3) is 0 Å². The maximum Gasteiger partial charge on any atom is 0.421 e. The highest BCUT2D eigenvalue weighted by molar-refractivity contribution is 5.59. The minimum Gasteiger partial charge on any atom is -0.372 e. The van der Waals surface area contributed by atoms with E-state index in [4.69, 9.17) is 5.10 Å². The van der Waals surface area contributed by atoms with Gasteiger partial charge in [-0.05, 0) is 25.7 Å². The van der Waals surface area contributed by atoms with Gasteiger partial charge in [-0.25, -0.2) is 4.98 Å². The molecule has 4 rings (SSSR count). The summed E-state index contributed by atoms with van der Waals surface area (Å²) in [6, 6.07) is 0.441. The van der Waals surface area contributed by atoms with E-state index in [0.29, 0.717) is 12.0 Å². The highest BCUT2D eigenvalue weighted by Gasteiger charge is 2.35. The molecule has 0 atom stereocenters. The predicted molar refractivity (Wildman–Crippen MR) is 87.0 cm³/mol. The van der Waals surface area contributed by atoms with Gasteiger partial charge in [0.1, 0.15) is 11.4 Å². The van der Waals surface area contributed by atoms with E-state index in [1.165, 1.54) is 13.5 Å². The van der Waals surface area contributed by atoms with Gasteiger partial charge in [0.25, 0.3) is 0 Å². The van der Waals surface area contributed by atoms with E-state index in [1.54, 1.807) is 0 Å². The van der Waals surface area contributed by atoms with Crippen LogP contribution in [-0.2, 0) is 6.18 Å². The van der Waals surface area contributed by atoms with Crippen molar-refractivity contribution in [2.75, 3.05) is 17.7 Å². The Morgan fingerprint density at radius 2 is 1.96 bits per heavy atom. The van der Waals surface area contributed by atoms with E-state index in [9.17, 15) is 13.2 Å². The normalized spacial score (nSPS) is 18.1. The second-order valence-electron chi connectivity index (χ2n) is 6.60. The first-order chi connectivity index (χ1) is 12.0. The van der Waals surface area contributed by atoms with Gasteiger partial charge in [-0.1, -0.05) is 6.42 Å². The largest absolute Gasteiger partial charge is 0.421 e. The molecule has 134 valence electrons. The smallest absolute Gasteiger partial charge is 0.372 e.